The van der Waals surface area contributed by atoms with Gasteiger partial charge in [-0.3, -0.25) is 4.79 Å². The molecule has 1 aromatic heterocycles. The molecular weight excluding hydrogens is 367 g/mol. The van der Waals surface area contributed by atoms with Crippen LogP contribution in [-0.2, 0) is 4.79 Å². The lowest BCUT2D eigenvalue weighted by atomic mass is 10.1. The first-order valence-electron chi connectivity index (χ1n) is 7.65. The number of carbonyl (C=O) groups is 1. The third-order valence-corrected chi connectivity index (χ3v) is 4.25. The number of para-hydroxylation sites is 2. The number of carbonyl (C=O) groups excluding carboxylic acids is 1. The fraction of sp³-hybridized carbons (Fsp3) is 0.500. The summed E-state index contributed by atoms with van der Waals surface area (Å²) in [5.74, 6) is 1.64. The van der Waals surface area contributed by atoms with Crippen LogP contribution in [0.3, 0.4) is 0 Å². The molecular formula is C16H26Cl2N4OS. The van der Waals surface area contributed by atoms with Crippen LogP contribution in [0.4, 0.5) is 0 Å². The molecule has 136 valence electrons. The average Bonchev–Trinajstić information content (AvgIpc) is 2.95. The third-order valence-electron chi connectivity index (χ3n) is 3.60. The molecule has 4 N–H and O–H groups in total. The van der Waals surface area contributed by atoms with Crippen molar-refractivity contribution in [2.24, 2.45) is 5.73 Å². The van der Waals surface area contributed by atoms with Crippen LogP contribution in [0.25, 0.3) is 11.0 Å². The van der Waals surface area contributed by atoms with E-state index in [0.717, 1.165) is 35.5 Å². The van der Waals surface area contributed by atoms with E-state index in [2.05, 4.69) is 21.5 Å². The smallest absolute Gasteiger partial charge is 0.237 e. The molecule has 2 aromatic rings. The maximum Gasteiger partial charge on any atom is 0.237 e. The monoisotopic (exact) mass is 392 g/mol. The van der Waals surface area contributed by atoms with E-state index in [0.29, 0.717) is 6.42 Å². The second kappa shape index (κ2) is 11.6. The Labute approximate surface area is 159 Å². The first kappa shape index (κ1) is 23.1. The minimum absolute atomic E-state index is 0. The molecule has 2 rings (SSSR count). The summed E-state index contributed by atoms with van der Waals surface area (Å²) in [6.45, 7) is 2.03. The lowest BCUT2D eigenvalue weighted by Gasteiger charge is -2.19. The lowest BCUT2D eigenvalue weighted by Crippen LogP contribution is -2.42. The number of thioether (sulfide) groups is 1. The highest BCUT2D eigenvalue weighted by atomic mass is 35.5. The maximum absolute atomic E-state index is 12.2. The van der Waals surface area contributed by atoms with Gasteiger partial charge in [-0.2, -0.15) is 11.8 Å². The van der Waals surface area contributed by atoms with Gasteiger partial charge in [-0.05, 0) is 37.0 Å². The van der Waals surface area contributed by atoms with Crippen LogP contribution in [0.1, 0.15) is 38.1 Å². The topological polar surface area (TPSA) is 83.8 Å². The van der Waals surface area contributed by atoms with E-state index in [1.807, 2.05) is 31.2 Å². The van der Waals surface area contributed by atoms with Gasteiger partial charge in [0.2, 0.25) is 5.91 Å². The van der Waals surface area contributed by atoms with E-state index < -0.39 is 6.04 Å². The number of aromatic nitrogens is 2. The largest absolute Gasteiger partial charge is 0.345 e. The fourth-order valence-electron chi connectivity index (χ4n) is 2.37. The van der Waals surface area contributed by atoms with E-state index in [4.69, 9.17) is 5.73 Å². The summed E-state index contributed by atoms with van der Waals surface area (Å²) in [4.78, 5) is 20.1. The van der Waals surface area contributed by atoms with Gasteiger partial charge in [-0.25, -0.2) is 4.98 Å². The summed E-state index contributed by atoms with van der Waals surface area (Å²) in [5, 5.41) is 3.04. The zero-order chi connectivity index (χ0) is 15.9. The number of imidazole rings is 1. The number of benzene rings is 1. The third kappa shape index (κ3) is 6.16. The molecule has 0 spiro atoms. The molecule has 1 amide bonds. The summed E-state index contributed by atoms with van der Waals surface area (Å²) in [7, 11) is 0. The van der Waals surface area contributed by atoms with Crippen molar-refractivity contribution in [1.29, 1.82) is 0 Å². The molecule has 0 bridgehead atoms. The van der Waals surface area contributed by atoms with E-state index in [1.54, 1.807) is 11.8 Å². The van der Waals surface area contributed by atoms with E-state index in [1.165, 1.54) is 0 Å². The summed E-state index contributed by atoms with van der Waals surface area (Å²) in [5.41, 5.74) is 7.81. The Morgan fingerprint density at radius 2 is 2.04 bits per heavy atom. The summed E-state index contributed by atoms with van der Waals surface area (Å²) >= 11 is 1.75. The molecule has 5 nitrogen and oxygen atoms in total. The van der Waals surface area contributed by atoms with Crippen molar-refractivity contribution in [2.45, 2.75) is 38.3 Å². The Kier molecular flexibility index (Phi) is 11.1. The molecule has 0 fully saturated rings. The zero-order valence-corrected chi connectivity index (χ0v) is 16.4. The van der Waals surface area contributed by atoms with Crippen LogP contribution in [0, 0.1) is 0 Å². The second-order valence-electron chi connectivity index (χ2n) is 5.38. The Morgan fingerprint density at radius 3 is 2.67 bits per heavy atom. The normalized spacial score (nSPS) is 12.8. The molecule has 0 saturated carbocycles. The molecule has 0 aliphatic carbocycles. The second-order valence-corrected chi connectivity index (χ2v) is 6.36. The van der Waals surface area contributed by atoms with Crippen molar-refractivity contribution >= 4 is 53.5 Å². The molecule has 24 heavy (non-hydrogen) atoms. The van der Waals surface area contributed by atoms with Crippen LogP contribution in [0.2, 0.25) is 0 Å². The van der Waals surface area contributed by atoms with Gasteiger partial charge in [0.25, 0.3) is 0 Å². The molecule has 1 aromatic carbocycles. The van der Waals surface area contributed by atoms with E-state index >= 15 is 0 Å². The average molecular weight is 393 g/mol. The molecule has 0 saturated heterocycles. The molecule has 2 unspecified atom stereocenters. The standard InChI is InChI=1S/C16H24N4OS.2ClH/c1-3-6-11(17)16(21)20-14(9-10-22-2)15-18-12-7-4-5-8-13(12)19-15;;/h4-5,7-8,11,14H,3,6,9-10,17H2,1-2H3,(H,18,19)(H,20,21);2*1H. The molecule has 2 atom stereocenters. The number of nitrogens with two attached hydrogens (primary N) is 1. The lowest BCUT2D eigenvalue weighted by molar-refractivity contribution is -0.123. The number of H-pyrrole nitrogens is 1. The van der Waals surface area contributed by atoms with Gasteiger partial charge in [0.05, 0.1) is 23.1 Å². The zero-order valence-electron chi connectivity index (χ0n) is 14.0. The van der Waals surface area contributed by atoms with Crippen molar-refractivity contribution in [2.75, 3.05) is 12.0 Å². The van der Waals surface area contributed by atoms with Crippen LogP contribution in [-0.4, -0.2) is 33.9 Å². The predicted molar refractivity (Wildman–Crippen MR) is 107 cm³/mol. The number of amides is 1. The van der Waals surface area contributed by atoms with Gasteiger partial charge in [-0.15, -0.1) is 24.8 Å². The van der Waals surface area contributed by atoms with Gasteiger partial charge in [0.15, 0.2) is 0 Å². The first-order valence-corrected chi connectivity index (χ1v) is 9.04. The van der Waals surface area contributed by atoms with E-state index in [9.17, 15) is 4.79 Å². The minimum atomic E-state index is -0.453. The molecule has 0 radical (unpaired) electrons. The van der Waals surface area contributed by atoms with Crippen molar-refractivity contribution in [3.05, 3.63) is 30.1 Å². The summed E-state index contributed by atoms with van der Waals surface area (Å²) in [6.07, 6.45) is 4.47. The van der Waals surface area contributed by atoms with Crippen molar-refractivity contribution < 1.29 is 4.79 Å². The number of hydrogen-bond donors (Lipinski definition) is 3. The molecule has 8 heteroatoms. The van der Waals surface area contributed by atoms with Gasteiger partial charge in [-0.1, -0.05) is 25.5 Å². The number of halogens is 2. The first-order chi connectivity index (χ1) is 10.7. The highest BCUT2D eigenvalue weighted by Gasteiger charge is 2.21. The quantitative estimate of drug-likeness (QED) is 0.642. The minimum Gasteiger partial charge on any atom is -0.345 e. The molecule has 0 aliphatic heterocycles. The van der Waals surface area contributed by atoms with Crippen LogP contribution in [0.15, 0.2) is 24.3 Å². The number of nitrogens with one attached hydrogen (secondary N) is 2. The number of aromatic amines is 1. The van der Waals surface area contributed by atoms with Crippen molar-refractivity contribution in [3.8, 4) is 0 Å². The highest BCUT2D eigenvalue weighted by Crippen LogP contribution is 2.20. The number of fused-ring (bicyclic) bond motifs is 1. The van der Waals surface area contributed by atoms with Crippen molar-refractivity contribution in [1.82, 2.24) is 15.3 Å². The Hall–Kier alpha value is -0.950. The molecule has 1 heterocycles. The summed E-state index contributed by atoms with van der Waals surface area (Å²) in [6, 6.07) is 7.30. The number of hydrogen-bond acceptors (Lipinski definition) is 4. The van der Waals surface area contributed by atoms with Crippen molar-refractivity contribution in [3.63, 3.8) is 0 Å². The van der Waals surface area contributed by atoms with Gasteiger partial charge in [0.1, 0.15) is 5.82 Å². The Bertz CT molecular complexity index is 590. The molecule has 0 aliphatic rings. The highest BCUT2D eigenvalue weighted by molar-refractivity contribution is 7.98. The van der Waals surface area contributed by atoms with E-state index in [-0.39, 0.29) is 36.8 Å². The summed E-state index contributed by atoms with van der Waals surface area (Å²) < 4.78 is 0. The number of rotatable bonds is 8. The van der Waals surface area contributed by atoms with Gasteiger partial charge < -0.3 is 16.0 Å². The predicted octanol–water partition coefficient (Wildman–Crippen LogP) is 3.44. The Balaban J connectivity index is 0.00000264. The number of nitrogens with zero attached hydrogens (tertiary/aromatic N) is 1. The van der Waals surface area contributed by atoms with Gasteiger partial charge in [0, 0.05) is 0 Å². The maximum atomic E-state index is 12.2. The van der Waals surface area contributed by atoms with Crippen LogP contribution >= 0.6 is 36.6 Å². The fourth-order valence-corrected chi connectivity index (χ4v) is 2.84. The van der Waals surface area contributed by atoms with Crippen LogP contribution < -0.4 is 11.1 Å². The SMILES string of the molecule is CCCC(N)C(=O)NC(CCSC)c1nc2ccccc2[nH]1.Cl.Cl. The van der Waals surface area contributed by atoms with Crippen LogP contribution in [0.5, 0.6) is 0 Å². The Morgan fingerprint density at radius 1 is 1.33 bits per heavy atom. The van der Waals surface area contributed by atoms with Gasteiger partial charge >= 0.3 is 0 Å².